The number of phenolic OH excluding ortho intramolecular Hbond substituents is 1. The van der Waals surface area contributed by atoms with Gasteiger partial charge in [-0.1, -0.05) is 45.7 Å². The summed E-state index contributed by atoms with van der Waals surface area (Å²) in [5, 5.41) is 22.6. The number of rotatable bonds is 6. The van der Waals surface area contributed by atoms with Crippen LogP contribution in [0.4, 0.5) is 10.5 Å². The lowest BCUT2D eigenvalue weighted by Crippen LogP contribution is -2.30. The predicted octanol–water partition coefficient (Wildman–Crippen LogP) is 6.38. The van der Waals surface area contributed by atoms with E-state index in [1.807, 2.05) is 13.8 Å². The molecule has 2 aromatic rings. The second kappa shape index (κ2) is 9.41. The molecule has 0 heterocycles. The van der Waals surface area contributed by atoms with Gasteiger partial charge in [-0.3, -0.25) is 5.32 Å². The van der Waals surface area contributed by atoms with Crippen LogP contribution < -0.4 is 5.32 Å². The third kappa shape index (κ3) is 5.94. The van der Waals surface area contributed by atoms with Gasteiger partial charge in [-0.05, 0) is 58.7 Å². The van der Waals surface area contributed by atoms with Crippen molar-refractivity contribution >= 4 is 59.6 Å². The van der Waals surface area contributed by atoms with Crippen molar-refractivity contribution in [1.29, 1.82) is 0 Å². The Morgan fingerprint density at radius 1 is 1.15 bits per heavy atom. The average molecular weight is 566 g/mol. The molecule has 0 saturated heterocycles. The van der Waals surface area contributed by atoms with E-state index >= 15 is 0 Å². The first kappa shape index (κ1) is 22.2. The molecule has 0 saturated carbocycles. The Morgan fingerprint density at radius 2 is 1.78 bits per heavy atom. The van der Waals surface area contributed by atoms with Crippen LogP contribution in [0.3, 0.4) is 0 Å². The number of ether oxygens (including phenoxy) is 1. The van der Waals surface area contributed by atoms with Gasteiger partial charge < -0.3 is 14.9 Å². The second-order valence-electron chi connectivity index (χ2n) is 6.70. The number of hydrogen-bond acceptors (Lipinski definition) is 4. The van der Waals surface area contributed by atoms with Gasteiger partial charge in [-0.15, -0.1) is 0 Å². The van der Waals surface area contributed by atoms with Crippen LogP contribution in [0.25, 0.3) is 0 Å². The Balaban J connectivity index is 2.33. The van der Waals surface area contributed by atoms with Gasteiger partial charge in [0.15, 0.2) is 0 Å². The Morgan fingerprint density at radius 3 is 2.37 bits per heavy atom. The number of carbonyl (C=O) groups is 1. The quantitative estimate of drug-likeness (QED) is 0.380. The zero-order chi connectivity index (χ0) is 20.2. The summed E-state index contributed by atoms with van der Waals surface area (Å²) in [4.78, 5) is 12.5. The largest absolute Gasteiger partial charge is 0.506 e. The lowest BCUT2D eigenvalue weighted by Gasteiger charge is -2.34. The van der Waals surface area contributed by atoms with Crippen molar-refractivity contribution in [2.45, 2.75) is 26.4 Å². The average Bonchev–Trinajstić information content (AvgIpc) is 2.58. The third-order valence-corrected chi connectivity index (χ3v) is 5.71. The van der Waals surface area contributed by atoms with Gasteiger partial charge in [0.25, 0.3) is 0 Å². The number of aliphatic hydroxyl groups excluding tert-OH is 1. The highest BCUT2D eigenvalue weighted by atomic mass is 79.9. The first-order chi connectivity index (χ1) is 12.6. The lowest BCUT2D eigenvalue weighted by molar-refractivity contribution is 0.0138. The normalized spacial score (nSPS) is 12.5. The summed E-state index contributed by atoms with van der Waals surface area (Å²) in [5.74, 6) is -0.00865. The summed E-state index contributed by atoms with van der Waals surface area (Å²) in [6.07, 6.45) is -1.05. The van der Waals surface area contributed by atoms with E-state index in [0.29, 0.717) is 22.1 Å². The second-order valence-corrected chi connectivity index (χ2v) is 9.39. The molecule has 27 heavy (non-hydrogen) atoms. The number of aliphatic hydroxyl groups is 1. The van der Waals surface area contributed by atoms with Crippen LogP contribution in [0, 0.1) is 5.41 Å². The first-order valence-electron chi connectivity index (χ1n) is 8.16. The Bertz CT molecular complexity index is 809. The molecule has 5 nitrogen and oxygen atoms in total. The van der Waals surface area contributed by atoms with Crippen molar-refractivity contribution in [2.24, 2.45) is 5.41 Å². The molecule has 0 aliphatic rings. The van der Waals surface area contributed by atoms with Crippen molar-refractivity contribution in [2.75, 3.05) is 11.9 Å². The maximum absolute atomic E-state index is 12.5. The summed E-state index contributed by atoms with van der Waals surface area (Å²) in [6.45, 7) is 3.67. The molecule has 0 aliphatic carbocycles. The van der Waals surface area contributed by atoms with E-state index in [-0.39, 0.29) is 12.4 Å². The minimum Gasteiger partial charge on any atom is -0.506 e. The standard InChI is InChI=1S/C19H20Br3NO4/c1-19(2,7-8-24)17(14-9-12(21)10-15(22)16(14)25)27-18(26)23-13-5-3-11(20)4-6-13/h3-6,9-10,17,24-25H,7-8H2,1-2H3,(H,23,26)/t17-/m0/s1. The predicted molar refractivity (Wildman–Crippen MR) is 116 cm³/mol. The molecule has 1 atom stereocenters. The molecule has 0 aromatic heterocycles. The third-order valence-electron chi connectivity index (χ3n) is 4.12. The van der Waals surface area contributed by atoms with Gasteiger partial charge in [0, 0.05) is 32.2 Å². The number of nitrogens with one attached hydrogen (secondary N) is 1. The van der Waals surface area contributed by atoms with E-state index in [4.69, 9.17) is 4.74 Å². The fraction of sp³-hybridized carbons (Fsp3) is 0.316. The van der Waals surface area contributed by atoms with Gasteiger partial charge in [0.2, 0.25) is 0 Å². The molecule has 2 aromatic carbocycles. The van der Waals surface area contributed by atoms with Crippen LogP contribution in [0.5, 0.6) is 5.75 Å². The van der Waals surface area contributed by atoms with E-state index in [9.17, 15) is 15.0 Å². The van der Waals surface area contributed by atoms with Crippen LogP contribution in [0.1, 0.15) is 31.9 Å². The first-order valence-corrected chi connectivity index (χ1v) is 10.5. The van der Waals surface area contributed by atoms with Gasteiger partial charge >= 0.3 is 6.09 Å². The zero-order valence-corrected chi connectivity index (χ0v) is 19.6. The fourth-order valence-electron chi connectivity index (χ4n) is 2.64. The van der Waals surface area contributed by atoms with E-state index in [1.165, 1.54) is 0 Å². The molecule has 1 amide bonds. The maximum Gasteiger partial charge on any atom is 0.412 e. The van der Waals surface area contributed by atoms with Crippen LogP contribution in [-0.4, -0.2) is 22.9 Å². The minimum absolute atomic E-state index is 0.00865. The number of phenols is 1. The number of halogens is 3. The smallest absolute Gasteiger partial charge is 0.412 e. The number of anilines is 1. The highest BCUT2D eigenvalue weighted by molar-refractivity contribution is 9.11. The van der Waals surface area contributed by atoms with Crippen LogP contribution in [0.15, 0.2) is 49.8 Å². The van der Waals surface area contributed by atoms with Crippen molar-refractivity contribution in [3.8, 4) is 5.75 Å². The molecule has 0 unspecified atom stereocenters. The molecule has 146 valence electrons. The van der Waals surface area contributed by atoms with Gasteiger partial charge in [-0.25, -0.2) is 4.79 Å². The van der Waals surface area contributed by atoms with E-state index in [1.54, 1.807) is 36.4 Å². The topological polar surface area (TPSA) is 78.8 Å². The summed E-state index contributed by atoms with van der Waals surface area (Å²) in [5.41, 5.74) is 0.408. The van der Waals surface area contributed by atoms with Crippen molar-refractivity contribution < 1.29 is 19.7 Å². The van der Waals surface area contributed by atoms with Gasteiger partial charge in [-0.2, -0.15) is 0 Å². The number of hydrogen-bond donors (Lipinski definition) is 3. The molecule has 0 spiro atoms. The monoisotopic (exact) mass is 563 g/mol. The molecule has 2 rings (SSSR count). The molecular formula is C19H20Br3NO4. The van der Waals surface area contributed by atoms with E-state index < -0.39 is 17.6 Å². The lowest BCUT2D eigenvalue weighted by atomic mass is 9.79. The molecule has 3 N–H and O–H groups in total. The molecule has 8 heteroatoms. The summed E-state index contributed by atoms with van der Waals surface area (Å²) in [6, 6.07) is 10.5. The number of amides is 1. The highest BCUT2D eigenvalue weighted by Crippen LogP contribution is 2.45. The number of carbonyl (C=O) groups excluding carboxylic acids is 1. The molecule has 0 radical (unpaired) electrons. The summed E-state index contributed by atoms with van der Waals surface area (Å²) in [7, 11) is 0. The van der Waals surface area contributed by atoms with Crippen molar-refractivity contribution in [3.05, 3.63) is 55.4 Å². The van der Waals surface area contributed by atoms with E-state index in [0.717, 1.165) is 8.95 Å². The Kier molecular flexibility index (Phi) is 7.73. The number of benzene rings is 2. The summed E-state index contributed by atoms with van der Waals surface area (Å²) < 4.78 is 7.81. The highest BCUT2D eigenvalue weighted by Gasteiger charge is 2.36. The van der Waals surface area contributed by atoms with Crippen LogP contribution in [0.2, 0.25) is 0 Å². The fourth-order valence-corrected chi connectivity index (χ4v) is 4.16. The van der Waals surface area contributed by atoms with Crippen LogP contribution in [-0.2, 0) is 4.74 Å². The molecule has 0 aliphatic heterocycles. The van der Waals surface area contributed by atoms with E-state index in [2.05, 4.69) is 53.1 Å². The minimum atomic E-state index is -0.783. The summed E-state index contributed by atoms with van der Waals surface area (Å²) >= 11 is 10.0. The SMILES string of the molecule is CC(C)(CCO)[C@@H](OC(=O)Nc1ccc(Br)cc1)c1cc(Br)cc(Br)c1O. The van der Waals surface area contributed by atoms with Crippen molar-refractivity contribution in [3.63, 3.8) is 0 Å². The Labute approximate surface area is 183 Å². The van der Waals surface area contributed by atoms with Gasteiger partial charge in [0.05, 0.1) is 4.47 Å². The maximum atomic E-state index is 12.5. The van der Waals surface area contributed by atoms with Crippen LogP contribution >= 0.6 is 47.8 Å². The zero-order valence-electron chi connectivity index (χ0n) is 14.8. The molecule has 0 fully saturated rings. The molecular weight excluding hydrogens is 546 g/mol. The number of aromatic hydroxyl groups is 1. The Hall–Kier alpha value is -1.09. The van der Waals surface area contributed by atoms with Crippen molar-refractivity contribution in [1.82, 2.24) is 0 Å². The molecule has 0 bridgehead atoms. The van der Waals surface area contributed by atoms with Gasteiger partial charge in [0.1, 0.15) is 11.9 Å².